The van der Waals surface area contributed by atoms with Gasteiger partial charge in [0.2, 0.25) is 5.91 Å². The van der Waals surface area contributed by atoms with E-state index in [9.17, 15) is 19.2 Å². The van der Waals surface area contributed by atoms with Gasteiger partial charge in [-0.3, -0.25) is 19.2 Å². The van der Waals surface area contributed by atoms with Gasteiger partial charge in [0.1, 0.15) is 5.75 Å². The summed E-state index contributed by atoms with van der Waals surface area (Å²) >= 11 is 6.02. The molecule has 2 aliphatic heterocycles. The number of halogens is 1. The fourth-order valence-electron chi connectivity index (χ4n) is 4.31. The van der Waals surface area contributed by atoms with Crippen LogP contribution in [0.3, 0.4) is 0 Å². The fourth-order valence-corrected chi connectivity index (χ4v) is 4.49. The lowest BCUT2D eigenvalue weighted by atomic mass is 10.1. The van der Waals surface area contributed by atoms with E-state index >= 15 is 0 Å². The van der Waals surface area contributed by atoms with Gasteiger partial charge >= 0.3 is 5.97 Å². The number of nitrogens with zero attached hydrogens (tertiary/aromatic N) is 2. The highest BCUT2D eigenvalue weighted by Gasteiger charge is 2.38. The summed E-state index contributed by atoms with van der Waals surface area (Å²) in [5.74, 6) is -1.83. The first-order valence-electron chi connectivity index (χ1n) is 10.7. The Morgan fingerprint density at radius 2 is 1.65 bits per heavy atom. The molecule has 0 aliphatic carbocycles. The SMILES string of the molecule is Cc1cc(OC(=O)[C@@H]2CC(=O)N(c3cccc(Cl)c3)C2)ccc1N1C(=O)c2ccccc2C1=O. The van der Waals surface area contributed by atoms with Gasteiger partial charge in [0, 0.05) is 23.7 Å². The molecule has 0 unspecified atom stereocenters. The van der Waals surface area contributed by atoms with E-state index in [1.807, 2.05) is 0 Å². The number of hydrogen-bond acceptors (Lipinski definition) is 5. The first-order valence-corrected chi connectivity index (χ1v) is 11.1. The van der Waals surface area contributed by atoms with Gasteiger partial charge in [-0.25, -0.2) is 4.90 Å². The van der Waals surface area contributed by atoms with Gasteiger partial charge in [-0.15, -0.1) is 0 Å². The number of aryl methyl sites for hydroxylation is 1. The minimum atomic E-state index is -0.622. The summed E-state index contributed by atoms with van der Waals surface area (Å²) < 4.78 is 5.54. The summed E-state index contributed by atoms with van der Waals surface area (Å²) in [7, 11) is 0. The van der Waals surface area contributed by atoms with Gasteiger partial charge < -0.3 is 9.64 Å². The average molecular weight is 475 g/mol. The molecule has 0 N–H and O–H groups in total. The number of amides is 3. The van der Waals surface area contributed by atoms with Gasteiger partial charge in [0.05, 0.1) is 22.7 Å². The Bertz CT molecular complexity index is 1330. The third-order valence-electron chi connectivity index (χ3n) is 6.00. The third kappa shape index (κ3) is 3.74. The maximum absolute atomic E-state index is 12.8. The van der Waals surface area contributed by atoms with Gasteiger partial charge in [-0.05, 0) is 61.0 Å². The van der Waals surface area contributed by atoms with Crippen LogP contribution in [0.1, 0.15) is 32.7 Å². The molecule has 0 spiro atoms. The van der Waals surface area contributed by atoms with Crippen LogP contribution in [0.2, 0.25) is 5.02 Å². The van der Waals surface area contributed by atoms with Crippen LogP contribution >= 0.6 is 11.6 Å². The molecule has 0 bridgehead atoms. The molecule has 2 heterocycles. The summed E-state index contributed by atoms with van der Waals surface area (Å²) in [5.41, 5.74) is 2.38. The number of esters is 1. The molecule has 1 saturated heterocycles. The first-order chi connectivity index (χ1) is 16.3. The summed E-state index contributed by atoms with van der Waals surface area (Å²) in [6.45, 7) is 1.93. The van der Waals surface area contributed by atoms with Crippen molar-refractivity contribution in [2.75, 3.05) is 16.3 Å². The van der Waals surface area contributed by atoms with Crippen molar-refractivity contribution >= 4 is 46.7 Å². The molecule has 3 amide bonds. The maximum Gasteiger partial charge on any atom is 0.316 e. The highest BCUT2D eigenvalue weighted by atomic mass is 35.5. The highest BCUT2D eigenvalue weighted by Crippen LogP contribution is 2.33. The topological polar surface area (TPSA) is 84.0 Å². The number of anilines is 2. The minimum Gasteiger partial charge on any atom is -0.426 e. The molecule has 170 valence electrons. The van der Waals surface area contributed by atoms with E-state index < -0.39 is 11.9 Å². The van der Waals surface area contributed by atoms with Crippen molar-refractivity contribution in [3.05, 3.63) is 88.4 Å². The molecular weight excluding hydrogens is 456 g/mol. The number of carbonyl (C=O) groups excluding carboxylic acids is 4. The first kappa shape index (κ1) is 21.9. The molecule has 0 saturated carbocycles. The zero-order chi connectivity index (χ0) is 24.0. The number of benzene rings is 3. The van der Waals surface area contributed by atoms with Crippen molar-refractivity contribution in [1.29, 1.82) is 0 Å². The van der Waals surface area contributed by atoms with Crippen molar-refractivity contribution < 1.29 is 23.9 Å². The number of carbonyl (C=O) groups is 4. The van der Waals surface area contributed by atoms with Gasteiger partial charge in [0.25, 0.3) is 11.8 Å². The monoisotopic (exact) mass is 474 g/mol. The van der Waals surface area contributed by atoms with E-state index in [2.05, 4.69) is 0 Å². The lowest BCUT2D eigenvalue weighted by Gasteiger charge is -2.18. The van der Waals surface area contributed by atoms with Crippen molar-refractivity contribution in [2.45, 2.75) is 13.3 Å². The lowest BCUT2D eigenvalue weighted by Crippen LogP contribution is -2.30. The molecule has 2 aliphatic rings. The molecular formula is C26H19ClN2O5. The van der Waals surface area contributed by atoms with Crippen LogP contribution in [0.4, 0.5) is 11.4 Å². The number of hydrogen-bond donors (Lipinski definition) is 0. The van der Waals surface area contributed by atoms with Crippen molar-refractivity contribution in [3.63, 3.8) is 0 Å². The van der Waals surface area contributed by atoms with Crippen LogP contribution in [0, 0.1) is 12.8 Å². The Morgan fingerprint density at radius 3 is 2.29 bits per heavy atom. The quantitative estimate of drug-likeness (QED) is 0.318. The molecule has 1 fully saturated rings. The maximum atomic E-state index is 12.8. The standard InChI is InChI=1S/C26H19ClN2O5/c1-15-11-19(9-10-22(15)29-24(31)20-7-2-3-8-21(20)25(29)32)34-26(33)16-12-23(30)28(14-16)18-6-4-5-17(27)13-18/h2-11,13,16H,12,14H2,1H3/t16-/m1/s1. The Kier molecular flexibility index (Phi) is 5.42. The average Bonchev–Trinajstić information content (AvgIpc) is 3.32. The van der Waals surface area contributed by atoms with Crippen LogP contribution in [-0.2, 0) is 9.59 Å². The van der Waals surface area contributed by atoms with Crippen molar-refractivity contribution in [2.24, 2.45) is 5.92 Å². The highest BCUT2D eigenvalue weighted by molar-refractivity contribution is 6.34. The second kappa shape index (κ2) is 8.43. The summed E-state index contributed by atoms with van der Waals surface area (Å²) in [4.78, 5) is 53.4. The van der Waals surface area contributed by atoms with E-state index in [4.69, 9.17) is 16.3 Å². The van der Waals surface area contributed by atoms with Gasteiger partial charge in [-0.2, -0.15) is 0 Å². The van der Waals surface area contributed by atoms with E-state index in [0.29, 0.717) is 33.1 Å². The Labute approximate surface area is 200 Å². The van der Waals surface area contributed by atoms with Crippen LogP contribution in [0.5, 0.6) is 5.75 Å². The molecule has 3 aromatic carbocycles. The van der Waals surface area contributed by atoms with Crippen LogP contribution in [-0.4, -0.2) is 30.2 Å². The predicted octanol–water partition coefficient (Wildman–Crippen LogP) is 4.41. The van der Waals surface area contributed by atoms with E-state index in [1.165, 1.54) is 11.0 Å². The normalized spacial score (nSPS) is 17.4. The summed E-state index contributed by atoms with van der Waals surface area (Å²) in [6, 6.07) is 18.3. The Hall–Kier alpha value is -3.97. The number of fused-ring (bicyclic) bond motifs is 1. The number of rotatable bonds is 4. The minimum absolute atomic E-state index is 0.0391. The molecule has 8 heteroatoms. The van der Waals surface area contributed by atoms with Crippen LogP contribution in [0.25, 0.3) is 0 Å². The number of imide groups is 1. The van der Waals surface area contributed by atoms with E-state index in [1.54, 1.807) is 67.6 Å². The van der Waals surface area contributed by atoms with Crippen LogP contribution in [0.15, 0.2) is 66.7 Å². The summed E-state index contributed by atoms with van der Waals surface area (Å²) in [5, 5.41) is 0.505. The third-order valence-corrected chi connectivity index (χ3v) is 6.24. The number of ether oxygens (including phenoxy) is 1. The second-order valence-corrected chi connectivity index (χ2v) is 8.68. The van der Waals surface area contributed by atoms with E-state index in [0.717, 1.165) is 4.90 Å². The Balaban J connectivity index is 1.30. The molecule has 1 atom stereocenters. The molecule has 0 aromatic heterocycles. The summed E-state index contributed by atoms with van der Waals surface area (Å²) in [6.07, 6.45) is 0.0391. The molecule has 7 nitrogen and oxygen atoms in total. The fraction of sp³-hybridized carbons (Fsp3) is 0.154. The van der Waals surface area contributed by atoms with Crippen molar-refractivity contribution in [1.82, 2.24) is 0 Å². The smallest absolute Gasteiger partial charge is 0.316 e. The van der Waals surface area contributed by atoms with Gasteiger partial charge in [-0.1, -0.05) is 29.8 Å². The predicted molar refractivity (Wildman–Crippen MR) is 126 cm³/mol. The largest absolute Gasteiger partial charge is 0.426 e. The lowest BCUT2D eigenvalue weighted by molar-refractivity contribution is -0.139. The molecule has 5 rings (SSSR count). The zero-order valence-corrected chi connectivity index (χ0v) is 18.9. The Morgan fingerprint density at radius 1 is 0.941 bits per heavy atom. The van der Waals surface area contributed by atoms with Gasteiger partial charge in [0.15, 0.2) is 0 Å². The second-order valence-electron chi connectivity index (χ2n) is 8.25. The van der Waals surface area contributed by atoms with Crippen molar-refractivity contribution in [3.8, 4) is 5.75 Å². The molecule has 34 heavy (non-hydrogen) atoms. The zero-order valence-electron chi connectivity index (χ0n) is 18.2. The van der Waals surface area contributed by atoms with Crippen LogP contribution < -0.4 is 14.5 Å². The molecule has 0 radical (unpaired) electrons. The molecule has 3 aromatic rings. The van der Waals surface area contributed by atoms with E-state index in [-0.39, 0.29) is 36.4 Å².